The minimum absolute atomic E-state index is 0.118. The summed E-state index contributed by atoms with van der Waals surface area (Å²) in [6, 6.07) is 0. The van der Waals surface area contributed by atoms with Gasteiger partial charge in [-0.3, -0.25) is 0 Å². The maximum absolute atomic E-state index is 10.6. The van der Waals surface area contributed by atoms with Crippen LogP contribution < -0.4 is 0 Å². The molecule has 18 heavy (non-hydrogen) atoms. The SMILES string of the molecule is CC1(C)CC[C@]2(C)[C@H](O)O[C@@H]3[C@H]1[C@H]2CC[C@@]3(C)O. The molecule has 0 aromatic heterocycles. The molecule has 1 saturated heterocycles. The van der Waals surface area contributed by atoms with Gasteiger partial charge in [0, 0.05) is 5.41 Å². The first-order valence-electron chi connectivity index (χ1n) is 7.24. The van der Waals surface area contributed by atoms with Crippen molar-refractivity contribution in [2.75, 3.05) is 0 Å². The van der Waals surface area contributed by atoms with Crippen LogP contribution in [0.25, 0.3) is 0 Å². The van der Waals surface area contributed by atoms with Crippen molar-refractivity contribution in [1.82, 2.24) is 0 Å². The van der Waals surface area contributed by atoms with E-state index in [2.05, 4.69) is 20.8 Å². The van der Waals surface area contributed by atoms with Crippen LogP contribution in [0.15, 0.2) is 0 Å². The monoisotopic (exact) mass is 254 g/mol. The summed E-state index contributed by atoms with van der Waals surface area (Å²) in [7, 11) is 0. The molecule has 0 spiro atoms. The second-order valence-corrected chi connectivity index (χ2v) is 7.93. The van der Waals surface area contributed by atoms with Gasteiger partial charge in [0.2, 0.25) is 0 Å². The Bertz CT molecular complexity index is 361. The fourth-order valence-corrected chi connectivity index (χ4v) is 4.84. The summed E-state index contributed by atoms with van der Waals surface area (Å²) in [5.41, 5.74) is -0.718. The molecule has 3 rings (SSSR count). The normalized spacial score (nSPS) is 58.3. The summed E-state index contributed by atoms with van der Waals surface area (Å²) in [5.74, 6) is 0.846. The molecule has 2 aliphatic carbocycles. The quantitative estimate of drug-likeness (QED) is 0.697. The van der Waals surface area contributed by atoms with E-state index < -0.39 is 11.9 Å². The lowest BCUT2D eigenvalue weighted by atomic mass is 9.46. The first kappa shape index (κ1) is 12.9. The fraction of sp³-hybridized carbons (Fsp3) is 1.00. The lowest BCUT2D eigenvalue weighted by Gasteiger charge is -2.65. The Kier molecular flexibility index (Phi) is 2.51. The molecule has 1 heterocycles. The molecule has 3 nitrogen and oxygen atoms in total. The van der Waals surface area contributed by atoms with Gasteiger partial charge in [-0.2, -0.15) is 0 Å². The predicted molar refractivity (Wildman–Crippen MR) is 68.8 cm³/mol. The van der Waals surface area contributed by atoms with E-state index in [9.17, 15) is 10.2 Å². The summed E-state index contributed by atoms with van der Waals surface area (Å²) < 4.78 is 5.88. The Labute approximate surface area is 110 Å². The standard InChI is InChI=1S/C15H26O3/c1-13(2)7-8-14(3)9-5-6-15(4,17)11(10(9)13)18-12(14)16/h9-12,16-17H,5-8H2,1-4H3/t9-,10-,11-,12-,14+,15-/m1/s1. The van der Waals surface area contributed by atoms with Crippen molar-refractivity contribution < 1.29 is 14.9 Å². The van der Waals surface area contributed by atoms with Crippen LogP contribution in [0.1, 0.15) is 53.4 Å². The Morgan fingerprint density at radius 1 is 1.06 bits per heavy atom. The molecule has 2 saturated carbocycles. The molecule has 0 unspecified atom stereocenters. The highest BCUT2D eigenvalue weighted by molar-refractivity contribution is 5.11. The van der Waals surface area contributed by atoms with E-state index in [4.69, 9.17) is 4.74 Å². The Morgan fingerprint density at radius 2 is 1.72 bits per heavy atom. The molecule has 3 fully saturated rings. The van der Waals surface area contributed by atoms with Crippen LogP contribution in [-0.2, 0) is 4.74 Å². The first-order chi connectivity index (χ1) is 8.18. The Hall–Kier alpha value is -0.120. The molecule has 6 atom stereocenters. The maximum atomic E-state index is 10.6. The molecular weight excluding hydrogens is 228 g/mol. The number of rotatable bonds is 0. The van der Waals surface area contributed by atoms with Crippen LogP contribution in [0.3, 0.4) is 0 Å². The molecule has 4 bridgehead atoms. The number of aliphatic hydroxyl groups excluding tert-OH is 1. The summed E-state index contributed by atoms with van der Waals surface area (Å²) in [5, 5.41) is 21.0. The third-order valence-corrected chi connectivity index (χ3v) is 6.23. The van der Waals surface area contributed by atoms with Gasteiger partial charge in [0.05, 0.1) is 11.7 Å². The van der Waals surface area contributed by atoms with E-state index in [1.54, 1.807) is 0 Å². The van der Waals surface area contributed by atoms with Crippen molar-refractivity contribution in [2.24, 2.45) is 22.7 Å². The van der Waals surface area contributed by atoms with Crippen LogP contribution >= 0.6 is 0 Å². The van der Waals surface area contributed by atoms with Gasteiger partial charge in [-0.25, -0.2) is 0 Å². The minimum atomic E-state index is -0.794. The highest BCUT2D eigenvalue weighted by atomic mass is 16.6. The van der Waals surface area contributed by atoms with E-state index in [-0.39, 0.29) is 16.9 Å². The number of hydrogen-bond acceptors (Lipinski definition) is 3. The van der Waals surface area contributed by atoms with Gasteiger partial charge in [-0.05, 0) is 49.9 Å². The largest absolute Gasteiger partial charge is 0.387 e. The van der Waals surface area contributed by atoms with Gasteiger partial charge in [0.25, 0.3) is 0 Å². The molecule has 0 radical (unpaired) electrons. The van der Waals surface area contributed by atoms with E-state index in [1.165, 1.54) is 0 Å². The Balaban J connectivity index is 2.07. The van der Waals surface area contributed by atoms with Crippen molar-refractivity contribution >= 4 is 0 Å². The van der Waals surface area contributed by atoms with Gasteiger partial charge in [-0.1, -0.05) is 20.8 Å². The van der Waals surface area contributed by atoms with Gasteiger partial charge in [0.1, 0.15) is 0 Å². The van der Waals surface area contributed by atoms with Crippen LogP contribution in [0.4, 0.5) is 0 Å². The zero-order valence-corrected chi connectivity index (χ0v) is 11.9. The van der Waals surface area contributed by atoms with Crippen LogP contribution in [0, 0.1) is 22.7 Å². The van der Waals surface area contributed by atoms with E-state index >= 15 is 0 Å². The van der Waals surface area contributed by atoms with Crippen molar-refractivity contribution in [3.63, 3.8) is 0 Å². The van der Waals surface area contributed by atoms with Crippen molar-refractivity contribution in [1.29, 1.82) is 0 Å². The zero-order chi connectivity index (χ0) is 13.3. The van der Waals surface area contributed by atoms with Crippen molar-refractivity contribution in [2.45, 2.75) is 71.4 Å². The topological polar surface area (TPSA) is 49.7 Å². The van der Waals surface area contributed by atoms with Gasteiger partial charge < -0.3 is 14.9 Å². The smallest absolute Gasteiger partial charge is 0.160 e. The Morgan fingerprint density at radius 3 is 2.39 bits per heavy atom. The van der Waals surface area contributed by atoms with E-state index in [1.807, 2.05) is 6.92 Å². The molecular formula is C15H26O3. The number of aliphatic hydroxyl groups is 2. The summed E-state index contributed by atoms with van der Waals surface area (Å²) in [6.07, 6.45) is 3.00. The lowest BCUT2D eigenvalue weighted by Crippen LogP contribution is -2.68. The zero-order valence-electron chi connectivity index (χ0n) is 11.9. The summed E-state index contributed by atoms with van der Waals surface area (Å²) >= 11 is 0. The highest BCUT2D eigenvalue weighted by Crippen LogP contribution is 2.64. The van der Waals surface area contributed by atoms with Crippen molar-refractivity contribution in [3.8, 4) is 0 Å². The van der Waals surface area contributed by atoms with Crippen molar-refractivity contribution in [3.05, 3.63) is 0 Å². The lowest BCUT2D eigenvalue weighted by molar-refractivity contribution is -0.349. The average Bonchev–Trinajstić information content (AvgIpc) is 2.26. The van der Waals surface area contributed by atoms with Gasteiger partial charge in [-0.15, -0.1) is 0 Å². The van der Waals surface area contributed by atoms with Crippen LogP contribution in [-0.4, -0.2) is 28.2 Å². The van der Waals surface area contributed by atoms with Crippen LogP contribution in [0.2, 0.25) is 0 Å². The summed E-state index contributed by atoms with van der Waals surface area (Å²) in [4.78, 5) is 0. The van der Waals surface area contributed by atoms with E-state index in [0.717, 1.165) is 25.7 Å². The van der Waals surface area contributed by atoms with Gasteiger partial charge in [0.15, 0.2) is 6.29 Å². The minimum Gasteiger partial charge on any atom is -0.387 e. The molecule has 2 N–H and O–H groups in total. The summed E-state index contributed by atoms with van der Waals surface area (Å²) in [6.45, 7) is 8.62. The second-order valence-electron chi connectivity index (χ2n) is 7.93. The molecule has 1 aliphatic heterocycles. The maximum Gasteiger partial charge on any atom is 0.160 e. The highest BCUT2D eigenvalue weighted by Gasteiger charge is 2.65. The van der Waals surface area contributed by atoms with Crippen LogP contribution in [0.5, 0.6) is 0 Å². The molecule has 3 heteroatoms. The third kappa shape index (κ3) is 1.47. The average molecular weight is 254 g/mol. The third-order valence-electron chi connectivity index (χ3n) is 6.23. The number of hydrogen-bond donors (Lipinski definition) is 2. The second kappa shape index (κ2) is 3.50. The molecule has 104 valence electrons. The predicted octanol–water partition coefficient (Wildman–Crippen LogP) is 2.31. The first-order valence-corrected chi connectivity index (χ1v) is 7.24. The number of ether oxygens (including phenoxy) is 1. The van der Waals surface area contributed by atoms with Gasteiger partial charge >= 0.3 is 0 Å². The van der Waals surface area contributed by atoms with E-state index in [0.29, 0.717) is 11.8 Å². The fourth-order valence-electron chi connectivity index (χ4n) is 4.84. The molecule has 3 aliphatic rings. The molecule has 0 aromatic rings. The molecule has 0 aromatic carbocycles. The molecule has 0 amide bonds.